The van der Waals surface area contributed by atoms with Crippen molar-refractivity contribution in [2.75, 3.05) is 0 Å². The summed E-state index contributed by atoms with van der Waals surface area (Å²) in [6.45, 7) is 1.92. The molecule has 0 aliphatic heterocycles. The number of phenols is 1. The van der Waals surface area contributed by atoms with Crippen LogP contribution in [0.3, 0.4) is 0 Å². The van der Waals surface area contributed by atoms with Gasteiger partial charge in [-0.1, -0.05) is 25.0 Å². The molecule has 1 N–H and O–H groups in total. The summed E-state index contributed by atoms with van der Waals surface area (Å²) in [6, 6.07) is 6.30. The highest BCUT2D eigenvalue weighted by atomic mass is 16.3. The highest BCUT2D eigenvalue weighted by molar-refractivity contribution is 5.84. The molecule has 0 unspecified atom stereocenters. The van der Waals surface area contributed by atoms with Crippen molar-refractivity contribution in [1.82, 2.24) is 0 Å². The summed E-state index contributed by atoms with van der Waals surface area (Å²) in [6.07, 6.45) is 10.0. The van der Waals surface area contributed by atoms with Gasteiger partial charge in [-0.2, -0.15) is 0 Å². The van der Waals surface area contributed by atoms with Gasteiger partial charge in [0.2, 0.25) is 0 Å². The van der Waals surface area contributed by atoms with Gasteiger partial charge in [0, 0.05) is 11.8 Å². The molecular weight excluding hydrogens is 222 g/mol. The van der Waals surface area contributed by atoms with E-state index >= 15 is 0 Å². The summed E-state index contributed by atoms with van der Waals surface area (Å²) in [5.41, 5.74) is 2.42. The van der Waals surface area contributed by atoms with Crippen molar-refractivity contribution < 1.29 is 5.11 Å². The molecule has 18 heavy (non-hydrogen) atoms. The van der Waals surface area contributed by atoms with Crippen LogP contribution in [0.5, 0.6) is 5.75 Å². The molecule has 2 saturated carbocycles. The number of aryl methyl sites for hydroxylation is 1. The van der Waals surface area contributed by atoms with E-state index in [1.165, 1.54) is 38.5 Å². The molecule has 1 spiro atoms. The minimum Gasteiger partial charge on any atom is -0.507 e. The van der Waals surface area contributed by atoms with Crippen molar-refractivity contribution >= 4 is 6.21 Å². The van der Waals surface area contributed by atoms with E-state index in [-0.39, 0.29) is 0 Å². The van der Waals surface area contributed by atoms with E-state index in [9.17, 15) is 5.11 Å². The molecule has 2 nitrogen and oxygen atoms in total. The quantitative estimate of drug-likeness (QED) is 0.786. The van der Waals surface area contributed by atoms with Crippen molar-refractivity contribution in [3.63, 3.8) is 0 Å². The predicted molar refractivity (Wildman–Crippen MR) is 74.4 cm³/mol. The normalized spacial score (nSPS) is 22.7. The average molecular weight is 243 g/mol. The number of phenolic OH excluding ortho intramolecular Hbond substituents is 1. The second-order valence-electron chi connectivity index (χ2n) is 6.06. The summed E-state index contributed by atoms with van der Waals surface area (Å²) in [4.78, 5) is 4.64. The topological polar surface area (TPSA) is 32.6 Å². The van der Waals surface area contributed by atoms with Crippen molar-refractivity contribution in [2.45, 2.75) is 51.5 Å². The van der Waals surface area contributed by atoms with Gasteiger partial charge in [0.15, 0.2) is 0 Å². The summed E-state index contributed by atoms with van der Waals surface area (Å²) in [5.74, 6) is 0.371. The number of nitrogens with zero attached hydrogens (tertiary/aromatic N) is 1. The molecule has 0 heterocycles. The van der Waals surface area contributed by atoms with E-state index < -0.39 is 0 Å². The Bertz CT molecular complexity index is 464. The Kier molecular flexibility index (Phi) is 2.89. The number of benzene rings is 1. The van der Waals surface area contributed by atoms with Crippen LogP contribution in [0.2, 0.25) is 0 Å². The highest BCUT2D eigenvalue weighted by Gasteiger charge is 2.45. The Balaban J connectivity index is 1.64. The monoisotopic (exact) mass is 243 g/mol. The molecule has 3 rings (SSSR count). The first-order valence-corrected chi connectivity index (χ1v) is 7.00. The summed E-state index contributed by atoms with van der Waals surface area (Å²) < 4.78 is 0. The van der Waals surface area contributed by atoms with Crippen molar-refractivity contribution in [2.24, 2.45) is 10.4 Å². The van der Waals surface area contributed by atoms with E-state index in [2.05, 4.69) is 4.99 Å². The van der Waals surface area contributed by atoms with Crippen molar-refractivity contribution in [3.8, 4) is 5.75 Å². The van der Waals surface area contributed by atoms with Gasteiger partial charge in [0.05, 0.1) is 6.04 Å². The lowest BCUT2D eigenvalue weighted by atomic mass is 9.64. The maximum atomic E-state index is 9.91. The fourth-order valence-electron chi connectivity index (χ4n) is 3.55. The Morgan fingerprint density at radius 3 is 2.72 bits per heavy atom. The fourth-order valence-corrected chi connectivity index (χ4v) is 3.55. The van der Waals surface area contributed by atoms with Crippen LogP contribution in [0.4, 0.5) is 0 Å². The largest absolute Gasteiger partial charge is 0.507 e. The van der Waals surface area contributed by atoms with Gasteiger partial charge in [-0.3, -0.25) is 4.99 Å². The molecule has 0 saturated heterocycles. The SMILES string of the molecule is Cc1cccc(C=NC2CC3(CCCC3)C2)c1O. The molecule has 96 valence electrons. The molecule has 1 aromatic rings. The molecule has 0 bridgehead atoms. The number of aromatic hydroxyl groups is 1. The fraction of sp³-hybridized carbons (Fsp3) is 0.562. The molecule has 0 amide bonds. The third-order valence-electron chi connectivity index (χ3n) is 4.69. The maximum Gasteiger partial charge on any atom is 0.127 e. The lowest BCUT2D eigenvalue weighted by Gasteiger charge is -2.43. The van der Waals surface area contributed by atoms with Gasteiger partial charge in [0.25, 0.3) is 0 Å². The molecule has 0 aromatic heterocycles. The summed E-state index contributed by atoms with van der Waals surface area (Å²) >= 11 is 0. The zero-order valence-corrected chi connectivity index (χ0v) is 11.0. The summed E-state index contributed by atoms with van der Waals surface area (Å²) in [7, 11) is 0. The molecule has 2 aliphatic carbocycles. The standard InChI is InChI=1S/C16H21NO/c1-12-5-4-6-13(15(12)18)11-17-14-9-16(10-14)7-2-3-8-16/h4-6,11,14,18H,2-3,7-10H2,1H3. The van der Waals surface area contributed by atoms with E-state index in [4.69, 9.17) is 0 Å². The minimum absolute atomic E-state index is 0.371. The van der Waals surface area contributed by atoms with E-state index in [0.717, 1.165) is 11.1 Å². The average Bonchev–Trinajstić information content (AvgIpc) is 2.79. The van der Waals surface area contributed by atoms with Crippen LogP contribution in [0.25, 0.3) is 0 Å². The van der Waals surface area contributed by atoms with Crippen molar-refractivity contribution in [1.29, 1.82) is 0 Å². The van der Waals surface area contributed by atoms with Crippen LogP contribution in [0.15, 0.2) is 23.2 Å². The zero-order valence-electron chi connectivity index (χ0n) is 11.0. The highest BCUT2D eigenvalue weighted by Crippen LogP contribution is 2.54. The predicted octanol–water partition coefficient (Wildman–Crippen LogP) is 3.84. The molecule has 1 aromatic carbocycles. The third kappa shape index (κ3) is 2.05. The first-order valence-electron chi connectivity index (χ1n) is 7.00. The van der Waals surface area contributed by atoms with E-state index in [1.807, 2.05) is 31.3 Å². The van der Waals surface area contributed by atoms with Crippen LogP contribution in [0.1, 0.15) is 49.7 Å². The maximum absolute atomic E-state index is 9.91. The van der Waals surface area contributed by atoms with Crippen LogP contribution in [0, 0.1) is 12.3 Å². The van der Waals surface area contributed by atoms with Crippen LogP contribution < -0.4 is 0 Å². The molecule has 2 heteroatoms. The van der Waals surface area contributed by atoms with Crippen LogP contribution >= 0.6 is 0 Å². The first kappa shape index (κ1) is 11.8. The zero-order chi connectivity index (χ0) is 12.6. The van der Waals surface area contributed by atoms with Gasteiger partial charge in [-0.15, -0.1) is 0 Å². The van der Waals surface area contributed by atoms with Gasteiger partial charge in [0.1, 0.15) is 5.75 Å². The smallest absolute Gasteiger partial charge is 0.127 e. The molecular formula is C16H21NO. The molecule has 0 atom stereocenters. The minimum atomic E-state index is 0.371. The van der Waals surface area contributed by atoms with Gasteiger partial charge in [-0.25, -0.2) is 0 Å². The van der Waals surface area contributed by atoms with E-state index in [1.54, 1.807) is 0 Å². The number of hydrogen-bond donors (Lipinski definition) is 1. The van der Waals surface area contributed by atoms with Gasteiger partial charge < -0.3 is 5.11 Å². The third-order valence-corrected chi connectivity index (χ3v) is 4.69. The Morgan fingerprint density at radius 2 is 2.00 bits per heavy atom. The van der Waals surface area contributed by atoms with Gasteiger partial charge >= 0.3 is 0 Å². The Labute approximate surface area is 109 Å². The lowest BCUT2D eigenvalue weighted by Crippen LogP contribution is -2.37. The number of hydrogen-bond acceptors (Lipinski definition) is 2. The van der Waals surface area contributed by atoms with Crippen molar-refractivity contribution in [3.05, 3.63) is 29.3 Å². The van der Waals surface area contributed by atoms with Crippen LogP contribution in [-0.2, 0) is 0 Å². The summed E-state index contributed by atoms with van der Waals surface area (Å²) in [5, 5.41) is 9.91. The second-order valence-corrected chi connectivity index (χ2v) is 6.06. The second kappa shape index (κ2) is 4.42. The molecule has 2 fully saturated rings. The number of rotatable bonds is 2. The Morgan fingerprint density at radius 1 is 1.28 bits per heavy atom. The first-order chi connectivity index (χ1) is 8.69. The Hall–Kier alpha value is -1.31. The molecule has 0 radical (unpaired) electrons. The van der Waals surface area contributed by atoms with E-state index in [0.29, 0.717) is 17.2 Å². The van der Waals surface area contributed by atoms with Gasteiger partial charge in [-0.05, 0) is 49.7 Å². The number of aliphatic imine (C=N–C) groups is 1. The number of para-hydroxylation sites is 1. The lowest BCUT2D eigenvalue weighted by molar-refractivity contribution is 0.115. The van der Waals surface area contributed by atoms with Crippen LogP contribution in [-0.4, -0.2) is 17.4 Å². The molecule has 2 aliphatic rings.